The number of carbonyl (C=O) groups is 1. The highest BCUT2D eigenvalue weighted by molar-refractivity contribution is 7.17. The lowest BCUT2D eigenvalue weighted by Crippen LogP contribution is -2.07. The van der Waals surface area contributed by atoms with Crippen molar-refractivity contribution in [1.29, 1.82) is 0 Å². The summed E-state index contributed by atoms with van der Waals surface area (Å²) in [4.78, 5) is 22.0. The lowest BCUT2D eigenvalue weighted by molar-refractivity contribution is 0.0600. The van der Waals surface area contributed by atoms with Crippen molar-refractivity contribution in [3.8, 4) is 0 Å². The second-order valence-corrected chi connectivity index (χ2v) is 7.95. The van der Waals surface area contributed by atoms with Gasteiger partial charge in [-0.3, -0.25) is 0 Å². The first-order chi connectivity index (χ1) is 13.7. The van der Waals surface area contributed by atoms with Crippen LogP contribution in [-0.2, 0) is 17.8 Å². The van der Waals surface area contributed by atoms with Crippen molar-refractivity contribution < 1.29 is 9.53 Å². The minimum absolute atomic E-state index is 0.336. The van der Waals surface area contributed by atoms with Gasteiger partial charge in [-0.25, -0.2) is 9.78 Å². The average Bonchev–Trinajstić information content (AvgIpc) is 3.42. The van der Waals surface area contributed by atoms with Crippen molar-refractivity contribution in [2.24, 2.45) is 0 Å². The molecule has 0 atom stereocenters. The Kier molecular flexibility index (Phi) is 5.50. The van der Waals surface area contributed by atoms with E-state index in [-0.39, 0.29) is 5.97 Å². The molecule has 142 valence electrons. The number of hydrogen-bond acceptors (Lipinski definition) is 8. The van der Waals surface area contributed by atoms with Crippen molar-refractivity contribution in [2.75, 3.05) is 17.7 Å². The van der Waals surface area contributed by atoms with E-state index >= 15 is 0 Å². The first kappa shape index (κ1) is 18.4. The monoisotopic (exact) mass is 410 g/mol. The average molecular weight is 411 g/mol. The first-order valence-corrected chi connectivity index (χ1v) is 10.4. The number of methoxy groups -OCH3 is 1. The molecular weight excluding hydrogens is 392 g/mol. The summed E-state index contributed by atoms with van der Waals surface area (Å²) in [6.07, 6.45) is 0. The van der Waals surface area contributed by atoms with Gasteiger partial charge in [0, 0.05) is 11.4 Å². The zero-order valence-corrected chi connectivity index (χ0v) is 16.8. The predicted octanol–water partition coefficient (Wildman–Crippen LogP) is 4.76. The van der Waals surface area contributed by atoms with Gasteiger partial charge < -0.3 is 15.4 Å². The van der Waals surface area contributed by atoms with Gasteiger partial charge >= 0.3 is 5.97 Å². The Labute approximate surface area is 170 Å². The van der Waals surface area contributed by atoms with E-state index in [1.54, 1.807) is 34.8 Å². The fourth-order valence-electron chi connectivity index (χ4n) is 2.70. The quantitative estimate of drug-likeness (QED) is 0.428. The Morgan fingerprint density at radius 3 is 2.61 bits per heavy atom. The Morgan fingerprint density at radius 2 is 1.86 bits per heavy atom. The summed E-state index contributed by atoms with van der Waals surface area (Å²) in [5, 5.41) is 10.8. The number of rotatable bonds is 7. The molecule has 4 rings (SSSR count). The Bertz CT molecular complexity index is 1080. The minimum atomic E-state index is -0.336. The van der Waals surface area contributed by atoms with E-state index in [0.29, 0.717) is 24.6 Å². The van der Waals surface area contributed by atoms with Crippen molar-refractivity contribution in [3.63, 3.8) is 0 Å². The molecule has 6 nitrogen and oxygen atoms in total. The number of nitrogens with zero attached hydrogens (tertiary/aromatic N) is 2. The van der Waals surface area contributed by atoms with Gasteiger partial charge in [-0.15, -0.1) is 22.7 Å². The number of nitrogens with one attached hydrogen (secondary N) is 2. The van der Waals surface area contributed by atoms with E-state index in [2.05, 4.69) is 32.0 Å². The van der Waals surface area contributed by atoms with Gasteiger partial charge in [0.2, 0.25) is 5.95 Å². The molecule has 0 saturated heterocycles. The van der Waals surface area contributed by atoms with Gasteiger partial charge in [-0.05, 0) is 40.6 Å². The maximum atomic E-state index is 11.5. The van der Waals surface area contributed by atoms with Crippen LogP contribution in [0, 0.1) is 0 Å². The maximum absolute atomic E-state index is 11.5. The smallest absolute Gasteiger partial charge is 0.337 e. The second-order valence-electron chi connectivity index (χ2n) is 6.01. The highest BCUT2D eigenvalue weighted by atomic mass is 32.1. The molecule has 3 aromatic heterocycles. The molecule has 0 saturated carbocycles. The number of carbonyl (C=O) groups excluding carboxylic acids is 1. The molecule has 3 heterocycles. The van der Waals surface area contributed by atoms with Crippen LogP contribution in [0.2, 0.25) is 0 Å². The fourth-order valence-corrected chi connectivity index (χ4v) is 4.15. The highest BCUT2D eigenvalue weighted by Crippen LogP contribution is 2.28. The lowest BCUT2D eigenvalue weighted by atomic mass is 10.1. The van der Waals surface area contributed by atoms with Crippen molar-refractivity contribution >= 4 is 50.6 Å². The van der Waals surface area contributed by atoms with Gasteiger partial charge in [0.15, 0.2) is 0 Å². The third-order valence-electron chi connectivity index (χ3n) is 4.14. The van der Waals surface area contributed by atoms with Gasteiger partial charge in [0.05, 0.1) is 29.4 Å². The summed E-state index contributed by atoms with van der Waals surface area (Å²) < 4.78 is 5.75. The molecule has 8 heteroatoms. The molecule has 0 amide bonds. The molecular formula is C20H18N4O2S2. The van der Waals surface area contributed by atoms with Crippen molar-refractivity contribution in [3.05, 3.63) is 69.2 Å². The van der Waals surface area contributed by atoms with E-state index in [1.165, 1.54) is 12.0 Å². The summed E-state index contributed by atoms with van der Waals surface area (Å²) in [5.74, 6) is 1.06. The molecule has 0 aliphatic rings. The van der Waals surface area contributed by atoms with E-state index in [1.807, 2.05) is 29.6 Å². The summed E-state index contributed by atoms with van der Waals surface area (Å²) in [5.41, 5.74) is 2.50. The minimum Gasteiger partial charge on any atom is -0.465 e. The van der Waals surface area contributed by atoms with Crippen molar-refractivity contribution in [2.45, 2.75) is 13.1 Å². The maximum Gasteiger partial charge on any atom is 0.337 e. The van der Waals surface area contributed by atoms with Crippen LogP contribution in [0.3, 0.4) is 0 Å². The zero-order valence-electron chi connectivity index (χ0n) is 15.1. The number of anilines is 2. The molecule has 28 heavy (non-hydrogen) atoms. The molecule has 1 aromatic carbocycles. The highest BCUT2D eigenvalue weighted by Gasteiger charge is 2.10. The SMILES string of the molecule is COC(=O)c1ccc(CNc2nc(NCc3cccs3)nc3ccsc23)cc1. The molecule has 2 N–H and O–H groups in total. The zero-order chi connectivity index (χ0) is 19.3. The Hall–Kier alpha value is -2.97. The van der Waals surface area contributed by atoms with Crippen LogP contribution in [-0.4, -0.2) is 23.0 Å². The third-order valence-corrected chi connectivity index (χ3v) is 5.93. The number of aromatic nitrogens is 2. The number of esters is 1. The molecule has 0 bridgehead atoms. The van der Waals surface area contributed by atoms with Crippen LogP contribution in [0.25, 0.3) is 10.2 Å². The molecule has 4 aromatic rings. The number of hydrogen-bond donors (Lipinski definition) is 2. The molecule has 0 unspecified atom stereocenters. The summed E-state index contributed by atoms with van der Waals surface area (Å²) >= 11 is 3.31. The number of fused-ring (bicyclic) bond motifs is 1. The molecule has 0 aliphatic heterocycles. The predicted molar refractivity (Wildman–Crippen MR) is 114 cm³/mol. The summed E-state index contributed by atoms with van der Waals surface area (Å²) in [6, 6.07) is 13.4. The fraction of sp³-hybridized carbons (Fsp3) is 0.150. The first-order valence-electron chi connectivity index (χ1n) is 8.65. The van der Waals surface area contributed by atoms with Crippen LogP contribution in [0.5, 0.6) is 0 Å². The number of ether oxygens (including phenoxy) is 1. The number of thiophene rings is 2. The van der Waals surface area contributed by atoms with Crippen LogP contribution < -0.4 is 10.6 Å². The van der Waals surface area contributed by atoms with E-state index in [4.69, 9.17) is 4.74 Å². The summed E-state index contributed by atoms with van der Waals surface area (Å²) in [7, 11) is 1.38. The lowest BCUT2D eigenvalue weighted by Gasteiger charge is -2.10. The van der Waals surface area contributed by atoms with Crippen LogP contribution in [0.4, 0.5) is 11.8 Å². The van der Waals surface area contributed by atoms with E-state index < -0.39 is 0 Å². The van der Waals surface area contributed by atoms with Crippen LogP contribution in [0.1, 0.15) is 20.8 Å². The Balaban J connectivity index is 1.49. The molecule has 0 radical (unpaired) electrons. The molecule has 0 spiro atoms. The standard InChI is InChI=1S/C20H18N4O2S2/c1-26-19(25)14-6-4-13(5-7-14)11-21-18-17-16(8-10-28-17)23-20(24-18)22-12-15-3-2-9-27-15/h2-10H,11-12H2,1H3,(H2,21,22,23,24). The second kappa shape index (κ2) is 8.37. The van der Waals surface area contributed by atoms with Crippen molar-refractivity contribution in [1.82, 2.24) is 9.97 Å². The third kappa shape index (κ3) is 4.13. The van der Waals surface area contributed by atoms with Crippen LogP contribution >= 0.6 is 22.7 Å². The topological polar surface area (TPSA) is 76.1 Å². The van der Waals surface area contributed by atoms with E-state index in [0.717, 1.165) is 21.6 Å². The van der Waals surface area contributed by atoms with Gasteiger partial charge in [-0.2, -0.15) is 4.98 Å². The molecule has 0 aliphatic carbocycles. The van der Waals surface area contributed by atoms with Crippen LogP contribution in [0.15, 0.2) is 53.2 Å². The Morgan fingerprint density at radius 1 is 1.00 bits per heavy atom. The van der Waals surface area contributed by atoms with Gasteiger partial charge in [-0.1, -0.05) is 18.2 Å². The molecule has 0 fully saturated rings. The van der Waals surface area contributed by atoms with Gasteiger partial charge in [0.1, 0.15) is 5.82 Å². The van der Waals surface area contributed by atoms with E-state index in [9.17, 15) is 4.79 Å². The normalized spacial score (nSPS) is 10.8. The number of benzene rings is 1. The summed E-state index contributed by atoms with van der Waals surface area (Å²) in [6.45, 7) is 1.29. The van der Waals surface area contributed by atoms with Gasteiger partial charge in [0.25, 0.3) is 0 Å². The largest absolute Gasteiger partial charge is 0.465 e.